The molecule has 1 N–H and O–H groups in total. The number of aliphatic hydroxyl groups is 1. The summed E-state index contributed by atoms with van der Waals surface area (Å²) in [6.45, 7) is 1.74. The first kappa shape index (κ1) is 13.9. The molecule has 118 valence electrons. The van der Waals surface area contributed by atoms with Crippen molar-refractivity contribution < 1.29 is 33.6 Å². The summed E-state index contributed by atoms with van der Waals surface area (Å²) in [6.07, 6.45) is 2.59. The topological polar surface area (TPSA) is 91.3 Å². The van der Waals surface area contributed by atoms with Gasteiger partial charge < -0.3 is 24.1 Å². The molecule has 1 aliphatic carbocycles. The molecule has 3 aliphatic heterocycles. The molecule has 0 aromatic carbocycles. The van der Waals surface area contributed by atoms with E-state index >= 15 is 0 Å². The van der Waals surface area contributed by atoms with Crippen molar-refractivity contribution in [1.82, 2.24) is 0 Å². The van der Waals surface area contributed by atoms with E-state index < -0.39 is 42.1 Å². The van der Waals surface area contributed by atoms with Gasteiger partial charge in [-0.15, -0.1) is 0 Å². The lowest BCUT2D eigenvalue weighted by Gasteiger charge is -2.39. The third kappa shape index (κ3) is 1.46. The molecule has 22 heavy (non-hydrogen) atoms. The number of aliphatic hydroxyl groups excluding tert-OH is 1. The summed E-state index contributed by atoms with van der Waals surface area (Å²) >= 11 is 0. The average Bonchev–Trinajstić information content (AvgIpc) is 3.07. The maximum absolute atomic E-state index is 12.0. The normalized spacial score (nSPS) is 50.0. The van der Waals surface area contributed by atoms with Gasteiger partial charge in [0.1, 0.15) is 12.0 Å². The van der Waals surface area contributed by atoms with Gasteiger partial charge in [0.15, 0.2) is 18.2 Å². The largest absolute Gasteiger partial charge is 0.469 e. The Balaban J connectivity index is 1.76. The zero-order chi connectivity index (χ0) is 15.6. The average molecular weight is 308 g/mol. The molecule has 4 aliphatic rings. The van der Waals surface area contributed by atoms with E-state index in [1.165, 1.54) is 7.11 Å². The SMILES string of the molecule is C/C=C1/C(=O)O[C@@]23C=C[C@H]4[C@@H](C(=O)OC)[C@H](O)O[C@@H](O[C@H]12)[C@H]43. The van der Waals surface area contributed by atoms with Crippen LogP contribution in [0.15, 0.2) is 23.8 Å². The van der Waals surface area contributed by atoms with E-state index in [4.69, 9.17) is 18.9 Å². The highest BCUT2D eigenvalue weighted by molar-refractivity contribution is 5.93. The fourth-order valence-electron chi connectivity index (χ4n) is 4.12. The van der Waals surface area contributed by atoms with Crippen molar-refractivity contribution in [2.45, 2.75) is 31.2 Å². The molecule has 0 radical (unpaired) electrons. The van der Waals surface area contributed by atoms with Crippen LogP contribution in [-0.4, -0.2) is 48.4 Å². The monoisotopic (exact) mass is 308 g/mol. The van der Waals surface area contributed by atoms with E-state index in [2.05, 4.69) is 0 Å². The second-order valence-corrected chi connectivity index (χ2v) is 5.91. The second kappa shape index (κ2) is 4.41. The van der Waals surface area contributed by atoms with Crippen molar-refractivity contribution in [3.63, 3.8) is 0 Å². The van der Waals surface area contributed by atoms with Gasteiger partial charge in [-0.1, -0.05) is 12.2 Å². The predicted octanol–water partition coefficient (Wildman–Crippen LogP) is -0.107. The third-order valence-corrected chi connectivity index (χ3v) is 5.06. The minimum atomic E-state index is -1.32. The summed E-state index contributed by atoms with van der Waals surface area (Å²) in [5.74, 6) is -2.58. The van der Waals surface area contributed by atoms with Crippen LogP contribution in [0.4, 0.5) is 0 Å². The summed E-state index contributed by atoms with van der Waals surface area (Å²) in [4.78, 5) is 24.0. The highest BCUT2D eigenvalue weighted by atomic mass is 16.8. The zero-order valence-electron chi connectivity index (χ0n) is 12.1. The molecular weight excluding hydrogens is 292 g/mol. The lowest BCUT2D eigenvalue weighted by atomic mass is 9.75. The van der Waals surface area contributed by atoms with Crippen LogP contribution < -0.4 is 0 Å². The van der Waals surface area contributed by atoms with Gasteiger partial charge >= 0.3 is 11.9 Å². The minimum Gasteiger partial charge on any atom is -0.469 e. The standard InChI is InChI=1S/C15H16O7/c1-3-6-10-15(22-11(6)16)5-4-7-8(12(17)19-2)13(18)21-14(20-10)9(7)15/h3-5,7-10,13-14,18H,1-2H3/b6-3+/t7-,8-,9-,10+,13+,14+,15+/m0/s1. The highest BCUT2D eigenvalue weighted by Crippen LogP contribution is 2.59. The molecule has 3 heterocycles. The number of ether oxygens (including phenoxy) is 4. The molecule has 7 nitrogen and oxygen atoms in total. The number of allylic oxidation sites excluding steroid dienone is 2. The third-order valence-electron chi connectivity index (χ3n) is 5.06. The second-order valence-electron chi connectivity index (χ2n) is 5.91. The first-order valence-electron chi connectivity index (χ1n) is 7.19. The van der Waals surface area contributed by atoms with Crippen LogP contribution in [0.2, 0.25) is 0 Å². The molecule has 3 saturated heterocycles. The molecule has 0 amide bonds. The van der Waals surface area contributed by atoms with Gasteiger partial charge in [0.2, 0.25) is 0 Å². The summed E-state index contributed by atoms with van der Waals surface area (Å²) < 4.78 is 21.6. The summed E-state index contributed by atoms with van der Waals surface area (Å²) in [5.41, 5.74) is -0.520. The summed E-state index contributed by atoms with van der Waals surface area (Å²) in [6, 6.07) is 0. The van der Waals surface area contributed by atoms with Gasteiger partial charge in [-0.3, -0.25) is 4.79 Å². The number of esters is 2. The van der Waals surface area contributed by atoms with Gasteiger partial charge in [-0.2, -0.15) is 0 Å². The maximum Gasteiger partial charge on any atom is 0.337 e. The van der Waals surface area contributed by atoms with Crippen LogP contribution in [0.25, 0.3) is 0 Å². The Morgan fingerprint density at radius 3 is 2.91 bits per heavy atom. The first-order chi connectivity index (χ1) is 10.5. The minimum absolute atomic E-state index is 0.366. The number of methoxy groups -OCH3 is 1. The Bertz CT molecular complexity index is 609. The number of carbonyl (C=O) groups excluding carboxylic acids is 2. The van der Waals surface area contributed by atoms with Crippen LogP contribution in [0.5, 0.6) is 0 Å². The highest BCUT2D eigenvalue weighted by Gasteiger charge is 2.72. The van der Waals surface area contributed by atoms with E-state index in [9.17, 15) is 14.7 Å². The van der Waals surface area contributed by atoms with Crippen LogP contribution in [0, 0.1) is 17.8 Å². The molecule has 4 rings (SSSR count). The van der Waals surface area contributed by atoms with Crippen LogP contribution >= 0.6 is 0 Å². The van der Waals surface area contributed by atoms with E-state index in [1.54, 1.807) is 25.2 Å². The van der Waals surface area contributed by atoms with E-state index in [0.717, 1.165) is 0 Å². The Hall–Kier alpha value is -1.70. The van der Waals surface area contributed by atoms with Crippen LogP contribution in [0.3, 0.4) is 0 Å². The number of carbonyl (C=O) groups is 2. The fourth-order valence-corrected chi connectivity index (χ4v) is 4.12. The van der Waals surface area contributed by atoms with E-state index in [1.807, 2.05) is 0 Å². The van der Waals surface area contributed by atoms with E-state index in [-0.39, 0.29) is 11.8 Å². The molecule has 1 spiro atoms. The van der Waals surface area contributed by atoms with Crippen molar-refractivity contribution in [3.05, 3.63) is 23.8 Å². The van der Waals surface area contributed by atoms with E-state index in [0.29, 0.717) is 5.57 Å². The Kier molecular flexibility index (Phi) is 2.79. The Labute approximate surface area is 126 Å². The molecule has 3 fully saturated rings. The van der Waals surface area contributed by atoms with Crippen molar-refractivity contribution in [3.8, 4) is 0 Å². The molecule has 0 aromatic rings. The number of hydrogen-bond donors (Lipinski definition) is 1. The molecule has 0 saturated carbocycles. The zero-order valence-corrected chi connectivity index (χ0v) is 12.1. The van der Waals surface area contributed by atoms with Crippen molar-refractivity contribution in [2.75, 3.05) is 7.11 Å². The molecule has 0 unspecified atom stereocenters. The summed E-state index contributed by atoms with van der Waals surface area (Å²) in [5, 5.41) is 10.1. The smallest absolute Gasteiger partial charge is 0.337 e. The first-order valence-corrected chi connectivity index (χ1v) is 7.19. The van der Waals surface area contributed by atoms with Gasteiger partial charge in [0.25, 0.3) is 0 Å². The molecule has 7 atom stereocenters. The van der Waals surface area contributed by atoms with Gasteiger partial charge in [0.05, 0.1) is 18.6 Å². The van der Waals surface area contributed by atoms with Gasteiger partial charge in [-0.05, 0) is 13.0 Å². The lowest BCUT2D eigenvalue weighted by Crippen LogP contribution is -2.52. The van der Waals surface area contributed by atoms with Gasteiger partial charge in [-0.25, -0.2) is 4.79 Å². The maximum atomic E-state index is 12.0. The Morgan fingerprint density at radius 1 is 1.45 bits per heavy atom. The van der Waals surface area contributed by atoms with Crippen molar-refractivity contribution in [2.24, 2.45) is 17.8 Å². The number of rotatable bonds is 1. The molecule has 7 heteroatoms. The van der Waals surface area contributed by atoms with Crippen LogP contribution in [-0.2, 0) is 28.5 Å². The van der Waals surface area contributed by atoms with Gasteiger partial charge in [0, 0.05) is 5.92 Å². The van der Waals surface area contributed by atoms with Crippen molar-refractivity contribution in [1.29, 1.82) is 0 Å². The Morgan fingerprint density at radius 2 is 2.23 bits per heavy atom. The lowest BCUT2D eigenvalue weighted by molar-refractivity contribution is -0.284. The van der Waals surface area contributed by atoms with Crippen LogP contribution in [0.1, 0.15) is 6.92 Å². The molecular formula is C15H16O7. The fraction of sp³-hybridized carbons (Fsp3) is 0.600. The quantitative estimate of drug-likeness (QED) is 0.410. The van der Waals surface area contributed by atoms with Crippen molar-refractivity contribution >= 4 is 11.9 Å². The molecule has 0 aromatic heterocycles. The molecule has 0 bridgehead atoms. The summed E-state index contributed by atoms with van der Waals surface area (Å²) in [7, 11) is 1.26. The predicted molar refractivity (Wildman–Crippen MR) is 70.0 cm³/mol. The number of hydrogen-bond acceptors (Lipinski definition) is 7.